The van der Waals surface area contributed by atoms with E-state index < -0.39 is 0 Å². The predicted molar refractivity (Wildman–Crippen MR) is 157 cm³/mol. The standard InChI is InChI=1S/C36H64/c1-26(17-21-33(5)19-11-9-10-12-20-33)29-15-16-30-28-14-13-27-25-34(6,32(2,3)4)23-24-35(27,7)31(28)18-22-36(29,30)8/h26-31H,9-25H2,1-8H3/t26-,27+,28+,29-,30+,31+,34-,35+,36-/m1/s1. The average molecular weight is 497 g/mol. The van der Waals surface area contributed by atoms with Crippen molar-refractivity contribution < 1.29 is 0 Å². The van der Waals surface area contributed by atoms with Gasteiger partial charge < -0.3 is 0 Å². The molecule has 5 saturated carbocycles. The summed E-state index contributed by atoms with van der Waals surface area (Å²) in [6.07, 6.45) is 25.7. The first-order chi connectivity index (χ1) is 16.8. The monoisotopic (exact) mass is 497 g/mol. The molecule has 0 aromatic heterocycles. The van der Waals surface area contributed by atoms with Crippen LogP contribution in [0, 0.1) is 62.6 Å². The summed E-state index contributed by atoms with van der Waals surface area (Å²) in [6.45, 7) is 21.1. The molecule has 0 spiro atoms. The van der Waals surface area contributed by atoms with Gasteiger partial charge in [0.25, 0.3) is 0 Å². The molecule has 208 valence electrons. The fourth-order valence-corrected chi connectivity index (χ4v) is 11.7. The molecule has 0 radical (unpaired) electrons. The predicted octanol–water partition coefficient (Wildman–Crippen LogP) is 11.5. The smallest absolute Gasteiger partial charge is 0.0264 e. The summed E-state index contributed by atoms with van der Waals surface area (Å²) < 4.78 is 0. The van der Waals surface area contributed by atoms with Gasteiger partial charge in [0.15, 0.2) is 0 Å². The molecule has 5 aliphatic rings. The van der Waals surface area contributed by atoms with Crippen molar-refractivity contribution in [1.29, 1.82) is 0 Å². The van der Waals surface area contributed by atoms with Crippen LogP contribution in [0.1, 0.15) is 165 Å². The lowest BCUT2D eigenvalue weighted by molar-refractivity contribution is -0.145. The summed E-state index contributed by atoms with van der Waals surface area (Å²) in [5.41, 5.74) is 2.90. The molecule has 0 amide bonds. The maximum Gasteiger partial charge on any atom is -0.0264 e. The largest absolute Gasteiger partial charge is 0.0622 e. The Labute approximate surface area is 226 Å². The summed E-state index contributed by atoms with van der Waals surface area (Å²) in [5.74, 6) is 6.02. The molecule has 0 aromatic rings. The van der Waals surface area contributed by atoms with E-state index in [4.69, 9.17) is 0 Å². The molecule has 0 N–H and O–H groups in total. The minimum Gasteiger partial charge on any atom is -0.0622 e. The number of hydrogen-bond donors (Lipinski definition) is 0. The van der Waals surface area contributed by atoms with Crippen LogP contribution < -0.4 is 0 Å². The molecule has 0 bridgehead atoms. The summed E-state index contributed by atoms with van der Waals surface area (Å²) in [4.78, 5) is 0. The zero-order chi connectivity index (χ0) is 26.0. The van der Waals surface area contributed by atoms with Crippen LogP contribution in [0.4, 0.5) is 0 Å². The fourth-order valence-electron chi connectivity index (χ4n) is 11.7. The van der Waals surface area contributed by atoms with E-state index in [2.05, 4.69) is 55.4 Å². The Hall–Kier alpha value is 0. The minimum atomic E-state index is 0.443. The number of hydrogen-bond acceptors (Lipinski definition) is 0. The lowest BCUT2D eigenvalue weighted by Gasteiger charge is -2.64. The van der Waals surface area contributed by atoms with E-state index in [9.17, 15) is 0 Å². The highest BCUT2D eigenvalue weighted by molar-refractivity contribution is 5.11. The van der Waals surface area contributed by atoms with Gasteiger partial charge in [0, 0.05) is 0 Å². The molecule has 0 nitrogen and oxygen atoms in total. The molecule has 0 saturated heterocycles. The quantitative estimate of drug-likeness (QED) is 0.339. The number of rotatable bonds is 4. The van der Waals surface area contributed by atoms with Crippen molar-refractivity contribution in [2.24, 2.45) is 62.6 Å². The van der Waals surface area contributed by atoms with Crippen molar-refractivity contribution in [1.82, 2.24) is 0 Å². The Kier molecular flexibility index (Phi) is 7.33. The van der Waals surface area contributed by atoms with E-state index in [1.165, 1.54) is 77.0 Å². The summed E-state index contributed by atoms with van der Waals surface area (Å²) in [7, 11) is 0. The van der Waals surface area contributed by atoms with Crippen molar-refractivity contribution in [2.75, 3.05) is 0 Å². The molecular formula is C36H64. The van der Waals surface area contributed by atoms with Gasteiger partial charge in [0.2, 0.25) is 0 Å². The molecule has 0 unspecified atom stereocenters. The lowest BCUT2D eigenvalue weighted by atomic mass is 9.41. The van der Waals surface area contributed by atoms with Gasteiger partial charge >= 0.3 is 0 Å². The minimum absolute atomic E-state index is 0.443. The van der Waals surface area contributed by atoms with Gasteiger partial charge in [-0.05, 0) is 146 Å². The van der Waals surface area contributed by atoms with Crippen molar-refractivity contribution in [3.8, 4) is 0 Å². The molecule has 0 heteroatoms. The van der Waals surface area contributed by atoms with Gasteiger partial charge in [0.1, 0.15) is 0 Å². The van der Waals surface area contributed by atoms with Gasteiger partial charge in [-0.25, -0.2) is 0 Å². The third-order valence-corrected chi connectivity index (χ3v) is 15.1. The SMILES string of the molecule is C[C@H](CCC1(C)CCCCCC1)[C@H]1CC[C@H]2[C@@H]3CC[C@H]4C[C@](C)(C(C)(C)C)CC[C@]4(C)[C@H]3CC[C@]12C. The van der Waals surface area contributed by atoms with Crippen molar-refractivity contribution >= 4 is 0 Å². The van der Waals surface area contributed by atoms with E-state index in [0.717, 1.165) is 35.5 Å². The zero-order valence-electron chi connectivity index (χ0n) is 26.0. The Morgan fingerprint density at radius 2 is 1.36 bits per heavy atom. The van der Waals surface area contributed by atoms with Crippen LogP contribution >= 0.6 is 0 Å². The van der Waals surface area contributed by atoms with Crippen LogP contribution in [0.2, 0.25) is 0 Å². The normalized spacial score (nSPS) is 47.8. The van der Waals surface area contributed by atoms with E-state index in [1.807, 2.05) is 0 Å². The lowest BCUT2D eigenvalue weighted by Crippen LogP contribution is -2.55. The highest BCUT2D eigenvalue weighted by Gasteiger charge is 2.62. The molecule has 5 rings (SSSR count). The van der Waals surface area contributed by atoms with E-state index in [1.54, 1.807) is 32.1 Å². The van der Waals surface area contributed by atoms with Crippen LogP contribution in [0.25, 0.3) is 0 Å². The third kappa shape index (κ3) is 4.57. The highest BCUT2D eigenvalue weighted by Crippen LogP contribution is 2.70. The zero-order valence-corrected chi connectivity index (χ0v) is 26.0. The summed E-state index contributed by atoms with van der Waals surface area (Å²) >= 11 is 0. The fraction of sp³-hybridized carbons (Fsp3) is 1.00. The van der Waals surface area contributed by atoms with Crippen LogP contribution in [-0.4, -0.2) is 0 Å². The molecule has 9 atom stereocenters. The van der Waals surface area contributed by atoms with E-state index in [0.29, 0.717) is 27.1 Å². The van der Waals surface area contributed by atoms with Crippen molar-refractivity contribution in [3.05, 3.63) is 0 Å². The Morgan fingerprint density at radius 3 is 2.03 bits per heavy atom. The molecule has 0 aliphatic heterocycles. The van der Waals surface area contributed by atoms with Gasteiger partial charge in [-0.1, -0.05) is 81.1 Å². The maximum absolute atomic E-state index is 2.79. The van der Waals surface area contributed by atoms with Crippen LogP contribution in [-0.2, 0) is 0 Å². The summed E-state index contributed by atoms with van der Waals surface area (Å²) in [5, 5.41) is 0. The number of fused-ring (bicyclic) bond motifs is 5. The molecule has 0 aromatic carbocycles. The second-order valence-electron chi connectivity index (χ2n) is 17.6. The average Bonchev–Trinajstić information content (AvgIpc) is 3.02. The second kappa shape index (κ2) is 9.58. The Bertz CT molecular complexity index is 763. The van der Waals surface area contributed by atoms with E-state index in [-0.39, 0.29) is 0 Å². The van der Waals surface area contributed by atoms with Crippen molar-refractivity contribution in [2.45, 2.75) is 165 Å². The van der Waals surface area contributed by atoms with Crippen LogP contribution in [0.5, 0.6) is 0 Å². The second-order valence-corrected chi connectivity index (χ2v) is 17.6. The van der Waals surface area contributed by atoms with E-state index >= 15 is 0 Å². The Balaban J connectivity index is 1.26. The van der Waals surface area contributed by atoms with Crippen molar-refractivity contribution in [3.63, 3.8) is 0 Å². The maximum atomic E-state index is 2.79. The van der Waals surface area contributed by atoms with Gasteiger partial charge in [0.05, 0.1) is 0 Å². The first-order valence-corrected chi connectivity index (χ1v) is 16.8. The molecule has 5 aliphatic carbocycles. The van der Waals surface area contributed by atoms with Gasteiger partial charge in [-0.3, -0.25) is 0 Å². The molecule has 5 fully saturated rings. The highest BCUT2D eigenvalue weighted by atomic mass is 14.7. The van der Waals surface area contributed by atoms with Gasteiger partial charge in [-0.15, -0.1) is 0 Å². The topological polar surface area (TPSA) is 0 Å². The molecule has 0 heterocycles. The third-order valence-electron chi connectivity index (χ3n) is 15.1. The first kappa shape index (κ1) is 27.6. The van der Waals surface area contributed by atoms with Crippen LogP contribution in [0.3, 0.4) is 0 Å². The first-order valence-electron chi connectivity index (χ1n) is 16.8. The van der Waals surface area contributed by atoms with Gasteiger partial charge in [-0.2, -0.15) is 0 Å². The molecule has 36 heavy (non-hydrogen) atoms. The Morgan fingerprint density at radius 1 is 0.694 bits per heavy atom. The molecular weight excluding hydrogens is 432 g/mol. The summed E-state index contributed by atoms with van der Waals surface area (Å²) in [6, 6.07) is 0. The van der Waals surface area contributed by atoms with Crippen LogP contribution in [0.15, 0.2) is 0 Å².